The number of carboxylic acid groups (broad SMARTS) is 1. The molecule has 1 fully saturated rings. The van der Waals surface area contributed by atoms with Crippen LogP contribution in [-0.2, 0) is 9.53 Å². The smallest absolute Gasteiger partial charge is 0.303 e. The van der Waals surface area contributed by atoms with Gasteiger partial charge in [0, 0.05) is 12.8 Å². The van der Waals surface area contributed by atoms with Crippen molar-refractivity contribution in [3.05, 3.63) is 24.3 Å². The minimum absolute atomic E-state index is 0.142. The Labute approximate surface area is 156 Å². The van der Waals surface area contributed by atoms with Gasteiger partial charge in [-0.25, -0.2) is 0 Å². The number of hydrogen-bond acceptors (Lipinski definition) is 5. The van der Waals surface area contributed by atoms with Gasteiger partial charge >= 0.3 is 5.97 Å². The zero-order valence-electron chi connectivity index (χ0n) is 15.7. The minimum atomic E-state index is -0.804. The van der Waals surface area contributed by atoms with Crippen molar-refractivity contribution in [2.45, 2.75) is 95.2 Å². The molecule has 5 atom stereocenters. The van der Waals surface area contributed by atoms with E-state index in [-0.39, 0.29) is 6.42 Å². The zero-order chi connectivity index (χ0) is 19.4. The maximum absolute atomic E-state index is 10.4. The van der Waals surface area contributed by atoms with Crippen molar-refractivity contribution < 1.29 is 30.0 Å². The molecule has 0 unspecified atom stereocenters. The van der Waals surface area contributed by atoms with Crippen molar-refractivity contribution in [1.29, 1.82) is 0 Å². The molecule has 6 heteroatoms. The Hall–Kier alpha value is -1.21. The fraction of sp³-hybridized carbons (Fsp3) is 0.750. The first kappa shape index (κ1) is 22.8. The molecule has 0 bridgehead atoms. The molecule has 0 aromatic heterocycles. The van der Waals surface area contributed by atoms with Crippen molar-refractivity contribution in [1.82, 2.24) is 0 Å². The SMILES string of the molecule is CCCCC[C@H](O)/C=C/[C@H]1O[C@H]([C@H](O)C/C=C\CCCC(=O)O)C[C@H]1O. The Bertz CT molecular complexity index is 448. The molecular formula is C20H34O6. The predicted octanol–water partition coefficient (Wildman–Crippen LogP) is 2.56. The first-order valence-corrected chi connectivity index (χ1v) is 9.68. The number of carbonyl (C=O) groups is 1. The molecule has 1 rings (SSSR count). The van der Waals surface area contributed by atoms with E-state index in [4.69, 9.17) is 9.84 Å². The maximum atomic E-state index is 10.4. The number of carboxylic acids is 1. The average Bonchev–Trinajstić information content (AvgIpc) is 2.97. The summed E-state index contributed by atoms with van der Waals surface area (Å²) in [6, 6.07) is 0. The molecule has 0 aromatic rings. The molecule has 1 aliphatic rings. The van der Waals surface area contributed by atoms with Crippen LogP contribution in [0.3, 0.4) is 0 Å². The number of aliphatic hydroxyl groups is 3. The summed E-state index contributed by atoms with van der Waals surface area (Å²) in [5.74, 6) is -0.804. The number of allylic oxidation sites excluding steroid dienone is 1. The fourth-order valence-electron chi connectivity index (χ4n) is 2.96. The Kier molecular flexibility index (Phi) is 11.4. The normalized spacial score (nSPS) is 25.9. The van der Waals surface area contributed by atoms with Gasteiger partial charge in [-0.2, -0.15) is 0 Å². The summed E-state index contributed by atoms with van der Waals surface area (Å²) in [6.07, 6.45) is 10.2. The van der Waals surface area contributed by atoms with Gasteiger partial charge in [0.05, 0.1) is 24.4 Å². The molecule has 4 N–H and O–H groups in total. The van der Waals surface area contributed by atoms with Gasteiger partial charge in [0.1, 0.15) is 6.10 Å². The summed E-state index contributed by atoms with van der Waals surface area (Å²) in [7, 11) is 0. The van der Waals surface area contributed by atoms with Crippen LogP contribution in [0.4, 0.5) is 0 Å². The predicted molar refractivity (Wildman–Crippen MR) is 99.8 cm³/mol. The molecule has 0 saturated carbocycles. The third-order valence-corrected chi connectivity index (χ3v) is 4.55. The second kappa shape index (κ2) is 13.0. The van der Waals surface area contributed by atoms with Gasteiger partial charge in [-0.3, -0.25) is 4.79 Å². The summed E-state index contributed by atoms with van der Waals surface area (Å²) in [4.78, 5) is 10.4. The molecule has 6 nitrogen and oxygen atoms in total. The Morgan fingerprint density at radius 1 is 1.23 bits per heavy atom. The van der Waals surface area contributed by atoms with Crippen LogP contribution in [0.5, 0.6) is 0 Å². The van der Waals surface area contributed by atoms with Gasteiger partial charge in [-0.15, -0.1) is 0 Å². The van der Waals surface area contributed by atoms with Crippen LogP contribution in [0, 0.1) is 0 Å². The molecule has 150 valence electrons. The van der Waals surface area contributed by atoms with E-state index in [0.717, 1.165) is 19.3 Å². The van der Waals surface area contributed by atoms with Gasteiger partial charge < -0.3 is 25.2 Å². The first-order valence-electron chi connectivity index (χ1n) is 9.68. The van der Waals surface area contributed by atoms with Gasteiger partial charge in [0.25, 0.3) is 0 Å². The van der Waals surface area contributed by atoms with E-state index in [1.807, 2.05) is 12.2 Å². The van der Waals surface area contributed by atoms with Crippen molar-refractivity contribution >= 4 is 5.97 Å². The number of aliphatic hydroxyl groups excluding tert-OH is 3. The summed E-state index contributed by atoms with van der Waals surface area (Å²) >= 11 is 0. The fourth-order valence-corrected chi connectivity index (χ4v) is 2.96. The highest BCUT2D eigenvalue weighted by molar-refractivity contribution is 5.66. The lowest BCUT2D eigenvalue weighted by atomic mass is 10.0. The molecule has 0 aromatic carbocycles. The molecule has 0 amide bonds. The Morgan fingerprint density at radius 3 is 2.69 bits per heavy atom. The summed E-state index contributed by atoms with van der Waals surface area (Å²) in [6.45, 7) is 2.11. The molecule has 1 aliphatic heterocycles. The van der Waals surface area contributed by atoms with Crippen LogP contribution in [0.25, 0.3) is 0 Å². The van der Waals surface area contributed by atoms with Crippen molar-refractivity contribution in [3.8, 4) is 0 Å². The van der Waals surface area contributed by atoms with E-state index in [2.05, 4.69) is 6.92 Å². The average molecular weight is 370 g/mol. The summed E-state index contributed by atoms with van der Waals surface area (Å²) < 4.78 is 5.71. The van der Waals surface area contributed by atoms with Crippen LogP contribution in [-0.4, -0.2) is 56.9 Å². The zero-order valence-corrected chi connectivity index (χ0v) is 15.7. The van der Waals surface area contributed by atoms with Crippen LogP contribution in [0.2, 0.25) is 0 Å². The van der Waals surface area contributed by atoms with Gasteiger partial charge in [-0.1, -0.05) is 50.5 Å². The van der Waals surface area contributed by atoms with E-state index < -0.39 is 36.5 Å². The largest absolute Gasteiger partial charge is 0.481 e. The summed E-state index contributed by atoms with van der Waals surface area (Å²) in [5.41, 5.74) is 0. The molecule has 0 radical (unpaired) electrons. The highest BCUT2D eigenvalue weighted by Crippen LogP contribution is 2.25. The van der Waals surface area contributed by atoms with E-state index in [0.29, 0.717) is 32.1 Å². The number of unbranched alkanes of at least 4 members (excludes halogenated alkanes) is 3. The molecule has 1 heterocycles. The van der Waals surface area contributed by atoms with Crippen molar-refractivity contribution in [3.63, 3.8) is 0 Å². The van der Waals surface area contributed by atoms with Crippen LogP contribution < -0.4 is 0 Å². The minimum Gasteiger partial charge on any atom is -0.481 e. The quantitative estimate of drug-likeness (QED) is 0.293. The Morgan fingerprint density at radius 2 is 2.00 bits per heavy atom. The van der Waals surface area contributed by atoms with E-state index in [1.165, 1.54) is 0 Å². The second-order valence-corrected chi connectivity index (χ2v) is 6.95. The lowest BCUT2D eigenvalue weighted by molar-refractivity contribution is -0.137. The second-order valence-electron chi connectivity index (χ2n) is 6.95. The number of hydrogen-bond donors (Lipinski definition) is 4. The highest BCUT2D eigenvalue weighted by atomic mass is 16.5. The van der Waals surface area contributed by atoms with Crippen LogP contribution in [0.15, 0.2) is 24.3 Å². The third kappa shape index (κ3) is 9.48. The topological polar surface area (TPSA) is 107 Å². The van der Waals surface area contributed by atoms with E-state index in [9.17, 15) is 20.1 Å². The standard InChI is InChI=1S/C20H34O6/c1-2-3-6-9-15(21)12-13-18-17(23)14-19(26-18)16(22)10-7-4-5-8-11-20(24)25/h4,7,12-13,15-19,21-23H,2-3,5-6,8-11,14H2,1H3,(H,24,25)/b7-4-,13-12+/t15-,16+,17+,18+,19-/m0/s1. The lowest BCUT2D eigenvalue weighted by Crippen LogP contribution is -2.25. The summed E-state index contributed by atoms with van der Waals surface area (Å²) in [5, 5.41) is 38.7. The molecule has 26 heavy (non-hydrogen) atoms. The lowest BCUT2D eigenvalue weighted by Gasteiger charge is -2.16. The van der Waals surface area contributed by atoms with Crippen molar-refractivity contribution in [2.75, 3.05) is 0 Å². The molecule has 1 saturated heterocycles. The third-order valence-electron chi connectivity index (χ3n) is 4.55. The monoisotopic (exact) mass is 370 g/mol. The molecule has 0 aliphatic carbocycles. The molecular weight excluding hydrogens is 336 g/mol. The van der Waals surface area contributed by atoms with Gasteiger partial charge in [0.15, 0.2) is 0 Å². The van der Waals surface area contributed by atoms with Gasteiger partial charge in [-0.05, 0) is 25.7 Å². The maximum Gasteiger partial charge on any atom is 0.303 e. The first-order chi connectivity index (χ1) is 12.4. The Balaban J connectivity index is 2.30. The van der Waals surface area contributed by atoms with Gasteiger partial charge in [0.2, 0.25) is 0 Å². The van der Waals surface area contributed by atoms with Crippen molar-refractivity contribution in [2.24, 2.45) is 0 Å². The number of rotatable bonds is 13. The number of aliphatic carboxylic acids is 1. The van der Waals surface area contributed by atoms with Crippen LogP contribution in [0.1, 0.15) is 64.7 Å². The van der Waals surface area contributed by atoms with E-state index >= 15 is 0 Å². The van der Waals surface area contributed by atoms with E-state index in [1.54, 1.807) is 12.2 Å². The highest BCUT2D eigenvalue weighted by Gasteiger charge is 2.35. The molecule has 0 spiro atoms. The van der Waals surface area contributed by atoms with Crippen LogP contribution >= 0.6 is 0 Å². The number of ether oxygens (including phenoxy) is 1.